The molecule has 25 heavy (non-hydrogen) atoms. The minimum absolute atomic E-state index is 0.0709. The first-order valence-corrected chi connectivity index (χ1v) is 10.2. The molecule has 1 aromatic rings. The van der Waals surface area contributed by atoms with Crippen LogP contribution in [0.5, 0.6) is 0 Å². The van der Waals surface area contributed by atoms with Gasteiger partial charge < -0.3 is 9.80 Å². The van der Waals surface area contributed by atoms with E-state index < -0.39 is 21.6 Å². The highest BCUT2D eigenvalue weighted by Crippen LogP contribution is 2.21. The van der Waals surface area contributed by atoms with E-state index in [9.17, 15) is 22.4 Å². The van der Waals surface area contributed by atoms with Gasteiger partial charge in [0.1, 0.15) is 5.82 Å². The molecule has 1 aromatic carbocycles. The summed E-state index contributed by atoms with van der Waals surface area (Å²) in [5.41, 5.74) is 0.293. The van der Waals surface area contributed by atoms with Crippen molar-refractivity contribution >= 4 is 21.7 Å². The highest BCUT2D eigenvalue weighted by molar-refractivity contribution is 7.91. The fraction of sp³-hybridized carbons (Fsp3) is 0.529. The highest BCUT2D eigenvalue weighted by Gasteiger charge is 2.36. The summed E-state index contributed by atoms with van der Waals surface area (Å²) >= 11 is 0. The van der Waals surface area contributed by atoms with Crippen LogP contribution in [0.15, 0.2) is 24.3 Å². The van der Waals surface area contributed by atoms with Gasteiger partial charge in [-0.3, -0.25) is 9.59 Å². The van der Waals surface area contributed by atoms with Crippen molar-refractivity contribution in [1.29, 1.82) is 0 Å². The molecule has 0 aliphatic carbocycles. The maximum atomic E-state index is 13.3. The molecule has 2 aliphatic heterocycles. The second-order valence-electron chi connectivity index (χ2n) is 6.58. The molecule has 136 valence electrons. The number of halogens is 1. The molecule has 0 N–H and O–H groups in total. The van der Waals surface area contributed by atoms with E-state index in [0.29, 0.717) is 44.6 Å². The van der Waals surface area contributed by atoms with Crippen molar-refractivity contribution in [2.75, 3.05) is 37.7 Å². The summed E-state index contributed by atoms with van der Waals surface area (Å²) in [6, 6.07) is 5.56. The monoisotopic (exact) mass is 368 g/mol. The Morgan fingerprint density at radius 2 is 1.80 bits per heavy atom. The Balaban J connectivity index is 1.62. The number of nitrogens with zero attached hydrogens (tertiary/aromatic N) is 2. The summed E-state index contributed by atoms with van der Waals surface area (Å²) in [5.74, 6) is -1.32. The lowest BCUT2D eigenvalue weighted by Crippen LogP contribution is -2.40. The van der Waals surface area contributed by atoms with Gasteiger partial charge in [-0.05, 0) is 31.0 Å². The normalized spacial score (nSPS) is 23.3. The van der Waals surface area contributed by atoms with Gasteiger partial charge in [0.2, 0.25) is 5.91 Å². The third kappa shape index (κ3) is 4.18. The second-order valence-corrected chi connectivity index (χ2v) is 8.81. The molecule has 0 aromatic heterocycles. The SMILES string of the molecule is O=C(c1cccc(F)c1)N1CCCN(C(=O)[C@@H]2CCS(=O)(=O)C2)CC1. The molecule has 2 heterocycles. The third-order valence-electron chi connectivity index (χ3n) is 4.75. The first kappa shape index (κ1) is 17.8. The van der Waals surface area contributed by atoms with Gasteiger partial charge in [-0.15, -0.1) is 0 Å². The largest absolute Gasteiger partial charge is 0.341 e. The number of amides is 2. The zero-order chi connectivity index (χ0) is 18.0. The number of sulfone groups is 1. The Kier molecular flexibility index (Phi) is 5.08. The van der Waals surface area contributed by atoms with E-state index >= 15 is 0 Å². The van der Waals surface area contributed by atoms with Crippen LogP contribution in [-0.4, -0.2) is 67.7 Å². The Morgan fingerprint density at radius 1 is 1.08 bits per heavy atom. The van der Waals surface area contributed by atoms with E-state index in [1.807, 2.05) is 0 Å². The topological polar surface area (TPSA) is 74.8 Å². The molecule has 2 amide bonds. The first-order valence-electron chi connectivity index (χ1n) is 8.40. The van der Waals surface area contributed by atoms with Crippen LogP contribution in [0.25, 0.3) is 0 Å². The van der Waals surface area contributed by atoms with Gasteiger partial charge in [0.25, 0.3) is 5.91 Å². The molecule has 0 radical (unpaired) electrons. The molecular weight excluding hydrogens is 347 g/mol. The summed E-state index contributed by atoms with van der Waals surface area (Å²) < 4.78 is 36.4. The van der Waals surface area contributed by atoms with Crippen LogP contribution in [0, 0.1) is 11.7 Å². The number of hydrogen-bond donors (Lipinski definition) is 0. The van der Waals surface area contributed by atoms with Gasteiger partial charge in [0, 0.05) is 31.7 Å². The summed E-state index contributed by atoms with van der Waals surface area (Å²) in [5, 5.41) is 0. The molecule has 0 spiro atoms. The van der Waals surface area contributed by atoms with E-state index in [0.717, 1.165) is 0 Å². The maximum Gasteiger partial charge on any atom is 0.254 e. The molecule has 0 unspecified atom stereocenters. The smallest absolute Gasteiger partial charge is 0.254 e. The number of benzene rings is 1. The van der Waals surface area contributed by atoms with Gasteiger partial charge in [0.15, 0.2) is 9.84 Å². The first-order chi connectivity index (χ1) is 11.9. The number of carbonyl (C=O) groups is 2. The maximum absolute atomic E-state index is 13.3. The zero-order valence-electron chi connectivity index (χ0n) is 13.9. The van der Waals surface area contributed by atoms with E-state index in [2.05, 4.69) is 0 Å². The molecule has 6 nitrogen and oxygen atoms in total. The molecule has 8 heteroatoms. The summed E-state index contributed by atoms with van der Waals surface area (Å²) in [4.78, 5) is 28.3. The third-order valence-corrected chi connectivity index (χ3v) is 6.52. The van der Waals surface area contributed by atoms with Gasteiger partial charge in [0.05, 0.1) is 17.4 Å². The second kappa shape index (κ2) is 7.11. The lowest BCUT2D eigenvalue weighted by molar-refractivity contribution is -0.134. The standard InChI is InChI=1S/C17H21FN2O4S/c18-15-4-1-3-13(11-15)16(21)19-6-2-7-20(9-8-19)17(22)14-5-10-25(23,24)12-14/h1,3-4,11,14H,2,5-10,12H2/t14-/m1/s1. The molecule has 0 saturated carbocycles. The Labute approximate surface area is 146 Å². The summed E-state index contributed by atoms with van der Waals surface area (Å²) in [6.45, 7) is 1.72. The fourth-order valence-corrected chi connectivity index (χ4v) is 5.13. The summed E-state index contributed by atoms with van der Waals surface area (Å²) in [7, 11) is -3.10. The van der Waals surface area contributed by atoms with Gasteiger partial charge in [-0.2, -0.15) is 0 Å². The van der Waals surface area contributed by atoms with Gasteiger partial charge in [-0.25, -0.2) is 12.8 Å². The number of hydrogen-bond acceptors (Lipinski definition) is 4. The molecular formula is C17H21FN2O4S. The number of carbonyl (C=O) groups excluding carboxylic acids is 2. The quantitative estimate of drug-likeness (QED) is 0.779. The van der Waals surface area contributed by atoms with Crippen molar-refractivity contribution in [1.82, 2.24) is 9.80 Å². The van der Waals surface area contributed by atoms with Gasteiger partial charge in [-0.1, -0.05) is 6.07 Å². The van der Waals surface area contributed by atoms with Crippen LogP contribution < -0.4 is 0 Å². The zero-order valence-corrected chi connectivity index (χ0v) is 14.7. The van der Waals surface area contributed by atoms with Crippen LogP contribution in [0.2, 0.25) is 0 Å². The van der Waals surface area contributed by atoms with Crippen molar-refractivity contribution in [3.05, 3.63) is 35.6 Å². The minimum Gasteiger partial charge on any atom is -0.341 e. The molecule has 2 aliphatic rings. The minimum atomic E-state index is -3.10. The predicted molar refractivity (Wildman–Crippen MR) is 90.3 cm³/mol. The van der Waals surface area contributed by atoms with Crippen molar-refractivity contribution in [2.45, 2.75) is 12.8 Å². The molecule has 0 bridgehead atoms. The van der Waals surface area contributed by atoms with Crippen LogP contribution >= 0.6 is 0 Å². The Bertz CT molecular complexity index is 781. The van der Waals surface area contributed by atoms with Gasteiger partial charge >= 0.3 is 0 Å². The van der Waals surface area contributed by atoms with Crippen LogP contribution in [0.1, 0.15) is 23.2 Å². The van der Waals surface area contributed by atoms with Crippen molar-refractivity contribution in [3.8, 4) is 0 Å². The predicted octanol–water partition coefficient (Wildman–Crippen LogP) is 0.935. The van der Waals surface area contributed by atoms with Crippen molar-refractivity contribution < 1.29 is 22.4 Å². The molecule has 2 fully saturated rings. The molecule has 3 rings (SSSR count). The Hall–Kier alpha value is -1.96. The van der Waals surface area contributed by atoms with Crippen molar-refractivity contribution in [3.63, 3.8) is 0 Å². The lowest BCUT2D eigenvalue weighted by Gasteiger charge is -2.24. The van der Waals surface area contributed by atoms with Crippen LogP contribution in [-0.2, 0) is 14.6 Å². The summed E-state index contributed by atoms with van der Waals surface area (Å²) in [6.07, 6.45) is 0.996. The van der Waals surface area contributed by atoms with E-state index in [4.69, 9.17) is 0 Å². The molecule has 1 atom stereocenters. The van der Waals surface area contributed by atoms with E-state index in [1.165, 1.54) is 18.2 Å². The molecule has 2 saturated heterocycles. The highest BCUT2D eigenvalue weighted by atomic mass is 32.2. The van der Waals surface area contributed by atoms with Crippen LogP contribution in [0.3, 0.4) is 0 Å². The average Bonchev–Trinajstić information content (AvgIpc) is 2.80. The average molecular weight is 368 g/mol. The van der Waals surface area contributed by atoms with Crippen molar-refractivity contribution in [2.24, 2.45) is 5.92 Å². The number of rotatable bonds is 2. The van der Waals surface area contributed by atoms with Crippen LogP contribution in [0.4, 0.5) is 4.39 Å². The fourth-order valence-electron chi connectivity index (χ4n) is 3.39. The lowest BCUT2D eigenvalue weighted by atomic mass is 10.1. The van der Waals surface area contributed by atoms with E-state index in [1.54, 1.807) is 15.9 Å². The Morgan fingerprint density at radius 3 is 2.48 bits per heavy atom. The van der Waals surface area contributed by atoms with E-state index in [-0.39, 0.29) is 23.3 Å².